The van der Waals surface area contributed by atoms with Crippen LogP contribution in [0.2, 0.25) is 10.0 Å². The lowest BCUT2D eigenvalue weighted by molar-refractivity contribution is 0.0874. The van der Waals surface area contributed by atoms with Crippen molar-refractivity contribution in [1.82, 2.24) is 15.0 Å². The molecule has 5 rings (SSSR count). The van der Waals surface area contributed by atoms with Crippen molar-refractivity contribution >= 4 is 40.1 Å². The average Bonchev–Trinajstić information content (AvgIpc) is 3.68. The maximum Gasteiger partial charge on any atom is 0.241 e. The van der Waals surface area contributed by atoms with Gasteiger partial charge in [0, 0.05) is 29.8 Å². The zero-order valence-corrected chi connectivity index (χ0v) is 20.6. The Morgan fingerprint density at radius 3 is 2.47 bits per heavy atom. The molecule has 1 N–H and O–H groups in total. The Balaban J connectivity index is 1.59. The van der Waals surface area contributed by atoms with E-state index in [0.717, 1.165) is 37.7 Å². The van der Waals surface area contributed by atoms with Gasteiger partial charge >= 0.3 is 0 Å². The van der Waals surface area contributed by atoms with Gasteiger partial charge < -0.3 is 24.3 Å². The molecule has 0 radical (unpaired) electrons. The smallest absolute Gasteiger partial charge is 0.241 e. The molecule has 3 aromatic rings. The first kappa shape index (κ1) is 23.2. The summed E-state index contributed by atoms with van der Waals surface area (Å²) in [4.78, 5) is 14.0. The maximum atomic E-state index is 6.65. The molecule has 10 heteroatoms. The number of pyridine rings is 1. The van der Waals surface area contributed by atoms with Crippen LogP contribution in [-0.4, -0.2) is 55.0 Å². The number of rotatable bonds is 8. The summed E-state index contributed by atoms with van der Waals surface area (Å²) >= 11 is 13.3. The van der Waals surface area contributed by atoms with Crippen molar-refractivity contribution in [2.75, 3.05) is 39.4 Å². The molecule has 180 valence electrons. The molecular formula is C24H26Cl2N4O4. The summed E-state index contributed by atoms with van der Waals surface area (Å²) < 4.78 is 22.6. The minimum absolute atomic E-state index is 0.177. The third kappa shape index (κ3) is 4.80. The van der Waals surface area contributed by atoms with Crippen LogP contribution in [0.5, 0.6) is 17.4 Å². The number of nitrogens with zero attached hydrogens (tertiary/aromatic N) is 3. The SMILES string of the molecule is COc1cc(OC)c(Cl)c(-c2cc3cnc(NC4CCCOC4)nc3c(OCC3CC3)n2)c1Cl. The summed E-state index contributed by atoms with van der Waals surface area (Å²) in [5.41, 5.74) is 1.65. The summed E-state index contributed by atoms with van der Waals surface area (Å²) in [7, 11) is 3.08. The Morgan fingerprint density at radius 2 is 1.82 bits per heavy atom. The predicted molar refractivity (Wildman–Crippen MR) is 132 cm³/mol. The number of fused-ring (bicyclic) bond motifs is 1. The van der Waals surface area contributed by atoms with E-state index in [2.05, 4.69) is 10.3 Å². The highest BCUT2D eigenvalue weighted by molar-refractivity contribution is 6.41. The highest BCUT2D eigenvalue weighted by Gasteiger charge is 2.25. The van der Waals surface area contributed by atoms with Gasteiger partial charge in [-0.25, -0.2) is 15.0 Å². The lowest BCUT2D eigenvalue weighted by atomic mass is 10.1. The van der Waals surface area contributed by atoms with E-state index in [1.165, 1.54) is 14.2 Å². The highest BCUT2D eigenvalue weighted by Crippen LogP contribution is 2.46. The third-order valence-electron chi connectivity index (χ3n) is 6.01. The van der Waals surface area contributed by atoms with E-state index < -0.39 is 0 Å². The molecule has 2 aliphatic rings. The molecule has 1 unspecified atom stereocenters. The second-order valence-corrected chi connectivity index (χ2v) is 9.30. The number of aromatic nitrogens is 3. The zero-order chi connectivity index (χ0) is 23.7. The van der Waals surface area contributed by atoms with Crippen LogP contribution in [-0.2, 0) is 4.74 Å². The van der Waals surface area contributed by atoms with Crippen LogP contribution in [0.3, 0.4) is 0 Å². The van der Waals surface area contributed by atoms with Crippen molar-refractivity contribution in [3.63, 3.8) is 0 Å². The van der Waals surface area contributed by atoms with Crippen molar-refractivity contribution in [3.8, 4) is 28.6 Å². The lowest BCUT2D eigenvalue weighted by Crippen LogP contribution is -2.30. The van der Waals surface area contributed by atoms with Crippen molar-refractivity contribution in [2.45, 2.75) is 31.7 Å². The monoisotopic (exact) mass is 504 g/mol. The van der Waals surface area contributed by atoms with E-state index in [1.54, 1.807) is 12.3 Å². The van der Waals surface area contributed by atoms with Gasteiger partial charge in [-0.05, 0) is 37.7 Å². The topological polar surface area (TPSA) is 87.6 Å². The molecule has 1 saturated heterocycles. The summed E-state index contributed by atoms with van der Waals surface area (Å²) in [6.45, 7) is 2.01. The minimum atomic E-state index is 0.177. The van der Waals surface area contributed by atoms with Gasteiger partial charge in [0.2, 0.25) is 11.8 Å². The first-order chi connectivity index (χ1) is 16.6. The Bertz CT molecular complexity index is 1170. The number of halogens is 2. The molecule has 1 atom stereocenters. The fraction of sp³-hybridized carbons (Fsp3) is 0.458. The Hall–Kier alpha value is -2.55. The molecule has 1 aliphatic heterocycles. The number of hydrogen-bond donors (Lipinski definition) is 1. The van der Waals surface area contributed by atoms with Crippen molar-refractivity contribution in [2.24, 2.45) is 5.92 Å². The molecule has 3 heterocycles. The maximum absolute atomic E-state index is 6.65. The van der Waals surface area contributed by atoms with Gasteiger partial charge in [0.1, 0.15) is 17.0 Å². The molecule has 0 spiro atoms. The predicted octanol–water partition coefficient (Wildman–Crippen LogP) is 5.40. The first-order valence-corrected chi connectivity index (χ1v) is 12.1. The van der Waals surface area contributed by atoms with Gasteiger partial charge in [0.05, 0.1) is 49.2 Å². The number of benzene rings is 1. The van der Waals surface area contributed by atoms with E-state index in [1.807, 2.05) is 6.07 Å². The van der Waals surface area contributed by atoms with Crippen LogP contribution in [0, 0.1) is 5.92 Å². The lowest BCUT2D eigenvalue weighted by Gasteiger charge is -2.23. The van der Waals surface area contributed by atoms with E-state index in [9.17, 15) is 0 Å². The Labute approximate surface area is 207 Å². The molecule has 1 aliphatic carbocycles. The number of methoxy groups -OCH3 is 2. The molecule has 0 bridgehead atoms. The standard InChI is InChI=1S/C24H26Cl2N4O4/c1-31-17-9-18(32-2)21(26)19(20(17)25)16-8-14-10-27-24(28-15-4-3-7-33-12-15)30-22(14)23(29-16)34-11-13-5-6-13/h8-10,13,15H,3-7,11-12H2,1-2H3,(H,27,28,30). The van der Waals surface area contributed by atoms with E-state index in [4.69, 9.17) is 52.1 Å². The average molecular weight is 505 g/mol. The zero-order valence-electron chi connectivity index (χ0n) is 19.1. The molecule has 1 aromatic carbocycles. The van der Waals surface area contributed by atoms with Crippen molar-refractivity contribution < 1.29 is 18.9 Å². The fourth-order valence-corrected chi connectivity index (χ4v) is 4.63. The van der Waals surface area contributed by atoms with Gasteiger partial charge in [-0.3, -0.25) is 0 Å². The minimum Gasteiger partial charge on any atom is -0.495 e. The van der Waals surface area contributed by atoms with Gasteiger partial charge in [0.25, 0.3) is 0 Å². The van der Waals surface area contributed by atoms with E-state index in [0.29, 0.717) is 69.3 Å². The largest absolute Gasteiger partial charge is 0.495 e. The van der Waals surface area contributed by atoms with E-state index >= 15 is 0 Å². The summed E-state index contributed by atoms with van der Waals surface area (Å²) in [5.74, 6) is 2.35. The highest BCUT2D eigenvalue weighted by atomic mass is 35.5. The molecular weight excluding hydrogens is 479 g/mol. The molecule has 2 aromatic heterocycles. The van der Waals surface area contributed by atoms with Gasteiger partial charge in [-0.2, -0.15) is 0 Å². The summed E-state index contributed by atoms with van der Waals surface area (Å²) in [5, 5.41) is 4.80. The second kappa shape index (κ2) is 9.98. The quantitative estimate of drug-likeness (QED) is 0.436. The third-order valence-corrected chi connectivity index (χ3v) is 6.76. The summed E-state index contributed by atoms with van der Waals surface area (Å²) in [6.07, 6.45) is 6.09. The van der Waals surface area contributed by atoms with Crippen LogP contribution >= 0.6 is 23.2 Å². The summed E-state index contributed by atoms with van der Waals surface area (Å²) in [6, 6.07) is 3.67. The van der Waals surface area contributed by atoms with Crippen LogP contribution in [0.4, 0.5) is 5.95 Å². The molecule has 1 saturated carbocycles. The second-order valence-electron chi connectivity index (χ2n) is 8.54. The normalized spacial score (nSPS) is 18.1. The van der Waals surface area contributed by atoms with Crippen LogP contribution in [0.25, 0.3) is 22.2 Å². The number of hydrogen-bond acceptors (Lipinski definition) is 8. The van der Waals surface area contributed by atoms with Gasteiger partial charge in [0.15, 0.2) is 0 Å². The van der Waals surface area contributed by atoms with Crippen LogP contribution < -0.4 is 19.5 Å². The Kier molecular flexibility index (Phi) is 6.81. The van der Waals surface area contributed by atoms with E-state index in [-0.39, 0.29) is 6.04 Å². The van der Waals surface area contributed by atoms with Gasteiger partial charge in [-0.1, -0.05) is 23.2 Å². The van der Waals surface area contributed by atoms with Crippen LogP contribution in [0.1, 0.15) is 25.7 Å². The Morgan fingerprint density at radius 1 is 1.06 bits per heavy atom. The molecule has 8 nitrogen and oxygen atoms in total. The number of ether oxygens (including phenoxy) is 4. The number of anilines is 1. The van der Waals surface area contributed by atoms with Crippen LogP contribution in [0.15, 0.2) is 18.3 Å². The number of nitrogens with one attached hydrogen (secondary N) is 1. The van der Waals surface area contributed by atoms with Crippen molar-refractivity contribution in [1.29, 1.82) is 0 Å². The first-order valence-electron chi connectivity index (χ1n) is 11.3. The van der Waals surface area contributed by atoms with Crippen molar-refractivity contribution in [3.05, 3.63) is 28.4 Å². The van der Waals surface area contributed by atoms with Gasteiger partial charge in [-0.15, -0.1) is 0 Å². The molecule has 34 heavy (non-hydrogen) atoms. The molecule has 2 fully saturated rings. The molecule has 0 amide bonds. The fourth-order valence-electron chi connectivity index (χ4n) is 3.94.